The Hall–Kier alpha value is -2.90. The summed E-state index contributed by atoms with van der Waals surface area (Å²) in [4.78, 5) is 26.6. The molecule has 1 aliphatic rings. The Balaban J connectivity index is 2.66. The highest BCUT2D eigenvalue weighted by Gasteiger charge is 2.47. The lowest BCUT2D eigenvalue weighted by molar-refractivity contribution is -0.305. The molecule has 11 heteroatoms. The SMILES string of the molecule is CCCCC/C=C\C/C=C\C/C=C\CCCCCCCCCCC(=O)OC1C(OCC(NC(=O)C(O)CCCCCCCC/C=C\C/C=C\CCCCC)C(O)/C=C/CCCCCCCCCCCC)OC(CO)C(O)C1O. The van der Waals surface area contributed by atoms with Gasteiger partial charge in [0.1, 0.15) is 24.4 Å². The van der Waals surface area contributed by atoms with Crippen molar-refractivity contribution in [2.24, 2.45) is 0 Å². The Morgan fingerprint density at radius 3 is 1.35 bits per heavy atom. The van der Waals surface area contributed by atoms with E-state index < -0.39 is 67.4 Å². The molecule has 0 bridgehead atoms. The van der Waals surface area contributed by atoms with Crippen LogP contribution in [0.5, 0.6) is 0 Å². The molecule has 1 rings (SSSR count). The van der Waals surface area contributed by atoms with Crippen molar-refractivity contribution in [3.8, 4) is 0 Å². The number of nitrogens with one attached hydrogen (secondary N) is 1. The molecule has 8 unspecified atom stereocenters. The summed E-state index contributed by atoms with van der Waals surface area (Å²) in [5, 5.41) is 57.0. The number of hydrogen-bond donors (Lipinski definition) is 6. The molecule has 0 aromatic heterocycles. The van der Waals surface area contributed by atoms with Gasteiger partial charge in [0.05, 0.1) is 25.4 Å². The molecule has 0 radical (unpaired) electrons. The summed E-state index contributed by atoms with van der Waals surface area (Å²) in [7, 11) is 0. The predicted octanol–water partition coefficient (Wildman–Crippen LogP) is 15.6. The largest absolute Gasteiger partial charge is 0.454 e. The van der Waals surface area contributed by atoms with E-state index in [4.69, 9.17) is 14.2 Å². The minimum Gasteiger partial charge on any atom is -0.454 e. The quantitative estimate of drug-likeness (QED) is 0.0195. The van der Waals surface area contributed by atoms with Crippen LogP contribution in [0.3, 0.4) is 0 Å². The van der Waals surface area contributed by atoms with E-state index in [1.54, 1.807) is 6.08 Å². The number of esters is 1. The van der Waals surface area contributed by atoms with Gasteiger partial charge in [-0.15, -0.1) is 0 Å². The van der Waals surface area contributed by atoms with Gasteiger partial charge in [-0.05, 0) is 96.3 Å². The number of rotatable bonds is 54. The smallest absolute Gasteiger partial charge is 0.306 e. The topological polar surface area (TPSA) is 175 Å². The molecule has 1 aliphatic heterocycles. The van der Waals surface area contributed by atoms with Gasteiger partial charge in [0.15, 0.2) is 12.4 Å². The van der Waals surface area contributed by atoms with E-state index in [1.807, 2.05) is 6.08 Å². The van der Waals surface area contributed by atoms with Crippen LogP contribution in [0.4, 0.5) is 0 Å². The molecule has 11 nitrogen and oxygen atoms in total. The molecule has 1 amide bonds. The van der Waals surface area contributed by atoms with E-state index in [2.05, 4.69) is 86.8 Å². The van der Waals surface area contributed by atoms with E-state index in [1.165, 1.54) is 122 Å². The number of aliphatic hydroxyl groups is 5. The van der Waals surface area contributed by atoms with E-state index in [-0.39, 0.29) is 19.4 Å². The first-order chi connectivity index (χ1) is 38.2. The molecular formula is C67H119NO10. The number of carbonyl (C=O) groups is 2. The van der Waals surface area contributed by atoms with Gasteiger partial charge in [-0.3, -0.25) is 9.59 Å². The minimum atomic E-state index is -1.62. The van der Waals surface area contributed by atoms with Crippen LogP contribution in [-0.4, -0.2) is 99.6 Å². The molecule has 78 heavy (non-hydrogen) atoms. The fourth-order valence-electron chi connectivity index (χ4n) is 9.69. The lowest BCUT2D eigenvalue weighted by Gasteiger charge is -2.41. The molecule has 8 atom stereocenters. The van der Waals surface area contributed by atoms with Gasteiger partial charge in [-0.1, -0.05) is 248 Å². The zero-order valence-corrected chi connectivity index (χ0v) is 50.0. The maximum Gasteiger partial charge on any atom is 0.306 e. The van der Waals surface area contributed by atoms with Gasteiger partial charge in [-0.25, -0.2) is 0 Å². The van der Waals surface area contributed by atoms with Crippen molar-refractivity contribution in [2.45, 2.75) is 327 Å². The lowest BCUT2D eigenvalue weighted by Crippen LogP contribution is -2.61. The molecule has 1 saturated heterocycles. The molecule has 0 aromatic carbocycles. The monoisotopic (exact) mass is 1100 g/mol. The van der Waals surface area contributed by atoms with E-state index in [9.17, 15) is 35.1 Å². The Morgan fingerprint density at radius 2 is 0.885 bits per heavy atom. The van der Waals surface area contributed by atoms with Crippen LogP contribution in [-0.2, 0) is 23.8 Å². The summed E-state index contributed by atoms with van der Waals surface area (Å²) in [5.41, 5.74) is 0. The van der Waals surface area contributed by atoms with Gasteiger partial charge in [0.25, 0.3) is 0 Å². The van der Waals surface area contributed by atoms with Crippen molar-refractivity contribution in [1.82, 2.24) is 5.32 Å². The van der Waals surface area contributed by atoms with Crippen molar-refractivity contribution in [3.05, 3.63) is 72.9 Å². The number of allylic oxidation sites excluding steroid dienone is 11. The van der Waals surface area contributed by atoms with Crippen molar-refractivity contribution >= 4 is 11.9 Å². The third-order valence-corrected chi connectivity index (χ3v) is 14.8. The molecule has 0 spiro atoms. The summed E-state index contributed by atoms with van der Waals surface area (Å²) >= 11 is 0. The van der Waals surface area contributed by atoms with Crippen molar-refractivity contribution < 1.29 is 49.3 Å². The Bertz CT molecular complexity index is 1540. The predicted molar refractivity (Wildman–Crippen MR) is 324 cm³/mol. The highest BCUT2D eigenvalue weighted by molar-refractivity contribution is 5.80. The standard InChI is InChI=1S/C67H119NO10/c1-4-7-10-13-16-19-22-25-27-29-30-31-32-33-35-37-40-43-46-49-52-55-62(72)78-65-64(74)63(73)61(56-69)77-67(65)76-57-58(59(70)53-50-47-44-41-38-24-21-18-15-12-9-6-3)68-66(75)60(71)54-51-48-45-42-39-36-34-28-26-23-20-17-14-11-8-5-2/h16-17,19-20,25-28,30-31,50,53,58-61,63-65,67,69-71,73-74H,4-15,18,21-24,29,32-49,51-52,54-57H2,1-3H3,(H,68,75)/b19-16-,20-17-,27-25-,28-26-,31-30-,53-50+. The normalized spacial score (nSPS) is 19.4. The van der Waals surface area contributed by atoms with E-state index in [0.717, 1.165) is 109 Å². The summed E-state index contributed by atoms with van der Waals surface area (Å²) in [6, 6.07) is -1.03. The number of ether oxygens (including phenoxy) is 3. The number of amides is 1. The maximum atomic E-state index is 13.4. The zero-order valence-electron chi connectivity index (χ0n) is 50.0. The molecule has 1 fully saturated rings. The molecular weight excluding hydrogens is 979 g/mol. The van der Waals surface area contributed by atoms with Crippen molar-refractivity contribution in [3.63, 3.8) is 0 Å². The maximum absolute atomic E-state index is 13.4. The average molecular weight is 1100 g/mol. The number of carbonyl (C=O) groups excluding carboxylic acids is 2. The van der Waals surface area contributed by atoms with E-state index >= 15 is 0 Å². The van der Waals surface area contributed by atoms with Gasteiger partial charge in [0, 0.05) is 6.42 Å². The molecule has 0 aromatic rings. The molecule has 0 aliphatic carbocycles. The first-order valence-electron chi connectivity index (χ1n) is 32.2. The second-order valence-corrected chi connectivity index (χ2v) is 22.1. The van der Waals surface area contributed by atoms with E-state index in [0.29, 0.717) is 12.8 Å². The second kappa shape index (κ2) is 54.7. The summed E-state index contributed by atoms with van der Waals surface area (Å²) in [6.07, 6.45) is 59.3. The van der Waals surface area contributed by atoms with Crippen LogP contribution in [0.2, 0.25) is 0 Å². The average Bonchev–Trinajstić information content (AvgIpc) is 3.45. The Morgan fingerprint density at radius 1 is 0.500 bits per heavy atom. The highest BCUT2D eigenvalue weighted by atomic mass is 16.7. The van der Waals surface area contributed by atoms with Crippen LogP contribution in [0.15, 0.2) is 72.9 Å². The minimum absolute atomic E-state index is 0.112. The fraction of sp³-hybridized carbons (Fsp3) is 0.791. The van der Waals surface area contributed by atoms with Crippen LogP contribution in [0, 0.1) is 0 Å². The number of unbranched alkanes of at least 4 members (excludes halogenated alkanes) is 30. The second-order valence-electron chi connectivity index (χ2n) is 22.1. The first-order valence-corrected chi connectivity index (χ1v) is 32.2. The van der Waals surface area contributed by atoms with Crippen LogP contribution in [0.1, 0.15) is 278 Å². The summed E-state index contributed by atoms with van der Waals surface area (Å²) in [5.74, 6) is -1.21. The summed E-state index contributed by atoms with van der Waals surface area (Å²) < 4.78 is 17.6. The Kier molecular flexibility index (Phi) is 51.3. The molecule has 452 valence electrons. The van der Waals surface area contributed by atoms with Crippen LogP contribution < -0.4 is 5.32 Å². The third-order valence-electron chi connectivity index (χ3n) is 14.8. The van der Waals surface area contributed by atoms with Crippen LogP contribution >= 0.6 is 0 Å². The van der Waals surface area contributed by atoms with Gasteiger partial charge >= 0.3 is 5.97 Å². The Labute approximate surface area is 477 Å². The zero-order chi connectivity index (χ0) is 56.8. The van der Waals surface area contributed by atoms with Crippen LogP contribution in [0.25, 0.3) is 0 Å². The van der Waals surface area contributed by atoms with Crippen molar-refractivity contribution in [1.29, 1.82) is 0 Å². The first kappa shape index (κ1) is 73.1. The van der Waals surface area contributed by atoms with Crippen molar-refractivity contribution in [2.75, 3.05) is 13.2 Å². The fourth-order valence-corrected chi connectivity index (χ4v) is 9.69. The molecule has 1 heterocycles. The molecule has 6 N–H and O–H groups in total. The molecule has 0 saturated carbocycles. The van der Waals surface area contributed by atoms with Gasteiger partial charge in [0.2, 0.25) is 5.91 Å². The van der Waals surface area contributed by atoms with Gasteiger partial charge < -0.3 is 45.1 Å². The van der Waals surface area contributed by atoms with Gasteiger partial charge in [-0.2, -0.15) is 0 Å². The number of aliphatic hydroxyl groups excluding tert-OH is 5. The highest BCUT2D eigenvalue weighted by Crippen LogP contribution is 2.26. The summed E-state index contributed by atoms with van der Waals surface area (Å²) in [6.45, 7) is 5.73. The lowest BCUT2D eigenvalue weighted by atomic mass is 9.99. The number of hydrogen-bond acceptors (Lipinski definition) is 10. The third kappa shape index (κ3) is 42.0.